The van der Waals surface area contributed by atoms with Crippen molar-refractivity contribution < 1.29 is 4.79 Å². The van der Waals surface area contributed by atoms with Crippen molar-refractivity contribution in [2.24, 2.45) is 7.05 Å². The Balaban J connectivity index is 1.89. The highest BCUT2D eigenvalue weighted by atomic mass is 16.2. The Morgan fingerprint density at radius 1 is 1.40 bits per heavy atom. The van der Waals surface area contributed by atoms with Crippen LogP contribution in [-0.4, -0.2) is 27.1 Å². The van der Waals surface area contributed by atoms with Crippen molar-refractivity contribution in [1.29, 1.82) is 0 Å². The fourth-order valence-electron chi connectivity index (χ4n) is 2.66. The van der Waals surface area contributed by atoms with Gasteiger partial charge >= 0.3 is 0 Å². The first-order chi connectivity index (χ1) is 9.58. The van der Waals surface area contributed by atoms with Crippen LogP contribution in [0.5, 0.6) is 0 Å². The van der Waals surface area contributed by atoms with Crippen molar-refractivity contribution in [3.8, 4) is 0 Å². The second-order valence-corrected chi connectivity index (χ2v) is 5.23. The molecule has 1 aliphatic rings. The molecule has 2 N–H and O–H groups in total. The predicted octanol–water partition coefficient (Wildman–Crippen LogP) is 1.51. The van der Waals surface area contributed by atoms with Gasteiger partial charge in [-0.15, -0.1) is 0 Å². The van der Waals surface area contributed by atoms with E-state index in [4.69, 9.17) is 5.73 Å². The molecular formula is C15H18N4O. The molecule has 104 valence electrons. The number of amides is 1. The van der Waals surface area contributed by atoms with Gasteiger partial charge in [0.25, 0.3) is 5.91 Å². The van der Waals surface area contributed by atoms with E-state index in [0.29, 0.717) is 12.1 Å². The lowest BCUT2D eigenvalue weighted by atomic mass is 9.97. The molecule has 0 saturated carbocycles. The number of nitrogens with two attached hydrogens (primary N) is 1. The highest BCUT2D eigenvalue weighted by Gasteiger charge is 2.25. The quantitative estimate of drug-likeness (QED) is 0.799. The van der Waals surface area contributed by atoms with Gasteiger partial charge in [-0.05, 0) is 30.5 Å². The number of carbonyl (C=O) groups excluding carboxylic acids is 1. The lowest BCUT2D eigenvalue weighted by molar-refractivity contribution is 0.0734. The summed E-state index contributed by atoms with van der Waals surface area (Å²) in [4.78, 5) is 14.4. The number of rotatable bonds is 1. The van der Waals surface area contributed by atoms with Crippen molar-refractivity contribution in [2.75, 3.05) is 12.3 Å². The summed E-state index contributed by atoms with van der Waals surface area (Å²) < 4.78 is 1.72. The normalized spacial score (nSPS) is 14.2. The Kier molecular flexibility index (Phi) is 2.97. The third-order valence-electron chi connectivity index (χ3n) is 4.06. The Morgan fingerprint density at radius 3 is 2.90 bits per heavy atom. The number of nitrogens with zero attached hydrogens (tertiary/aromatic N) is 3. The summed E-state index contributed by atoms with van der Waals surface area (Å²) in [5.41, 5.74) is 10.7. The van der Waals surface area contributed by atoms with Gasteiger partial charge in [0.2, 0.25) is 0 Å². The fourth-order valence-corrected chi connectivity index (χ4v) is 2.66. The molecule has 2 heterocycles. The molecule has 1 aliphatic heterocycles. The summed E-state index contributed by atoms with van der Waals surface area (Å²) in [6.07, 6.45) is 2.49. The van der Waals surface area contributed by atoms with Crippen LogP contribution in [0.3, 0.4) is 0 Å². The van der Waals surface area contributed by atoms with E-state index in [1.54, 1.807) is 10.9 Å². The number of aromatic nitrogens is 2. The zero-order chi connectivity index (χ0) is 14.3. The maximum Gasteiger partial charge on any atom is 0.257 e. The molecule has 1 aromatic carbocycles. The zero-order valence-electron chi connectivity index (χ0n) is 11.8. The first kappa shape index (κ1) is 12.7. The molecule has 1 amide bonds. The molecule has 5 nitrogen and oxygen atoms in total. The number of anilines is 1. The van der Waals surface area contributed by atoms with Crippen molar-refractivity contribution in [3.05, 3.63) is 46.8 Å². The van der Waals surface area contributed by atoms with E-state index in [2.05, 4.69) is 11.2 Å². The topological polar surface area (TPSA) is 64.2 Å². The predicted molar refractivity (Wildman–Crippen MR) is 77.2 cm³/mol. The minimum Gasteiger partial charge on any atom is -0.398 e. The Labute approximate surface area is 118 Å². The number of fused-ring (bicyclic) bond motifs is 1. The van der Waals surface area contributed by atoms with Crippen LogP contribution >= 0.6 is 0 Å². The number of nitrogen functional groups attached to an aromatic ring is 1. The molecule has 0 bridgehead atoms. The SMILES string of the molecule is Cc1c(C(=O)N2CCc3cccc(N)c3C2)cnn1C. The summed E-state index contributed by atoms with van der Waals surface area (Å²) in [5.74, 6) is 0.0319. The minimum absolute atomic E-state index is 0.0319. The highest BCUT2D eigenvalue weighted by molar-refractivity contribution is 5.95. The van der Waals surface area contributed by atoms with Crippen LogP contribution in [0, 0.1) is 6.92 Å². The Morgan fingerprint density at radius 2 is 2.20 bits per heavy atom. The van der Waals surface area contributed by atoms with Crippen LogP contribution in [0.2, 0.25) is 0 Å². The first-order valence-corrected chi connectivity index (χ1v) is 6.72. The van der Waals surface area contributed by atoms with E-state index in [1.165, 1.54) is 5.56 Å². The smallest absolute Gasteiger partial charge is 0.257 e. The largest absolute Gasteiger partial charge is 0.398 e. The molecule has 1 aromatic heterocycles. The summed E-state index contributed by atoms with van der Waals surface area (Å²) in [5, 5.41) is 4.14. The van der Waals surface area contributed by atoms with Gasteiger partial charge in [0.05, 0.1) is 11.8 Å². The standard InChI is InChI=1S/C15H18N4O/c1-10-12(8-17-18(10)2)15(20)19-7-6-11-4-3-5-14(16)13(11)9-19/h3-5,8H,6-7,9,16H2,1-2H3. The molecule has 0 aliphatic carbocycles. The number of carbonyl (C=O) groups is 1. The van der Waals surface area contributed by atoms with Gasteiger partial charge in [-0.25, -0.2) is 0 Å². The molecule has 20 heavy (non-hydrogen) atoms. The van der Waals surface area contributed by atoms with E-state index in [9.17, 15) is 4.79 Å². The highest BCUT2D eigenvalue weighted by Crippen LogP contribution is 2.25. The van der Waals surface area contributed by atoms with Crippen molar-refractivity contribution in [1.82, 2.24) is 14.7 Å². The van der Waals surface area contributed by atoms with Crippen molar-refractivity contribution in [2.45, 2.75) is 19.9 Å². The number of hydrogen-bond donors (Lipinski definition) is 1. The monoisotopic (exact) mass is 270 g/mol. The van der Waals surface area contributed by atoms with Gasteiger partial charge < -0.3 is 10.6 Å². The molecule has 0 saturated heterocycles. The zero-order valence-corrected chi connectivity index (χ0v) is 11.8. The second kappa shape index (κ2) is 4.67. The van der Waals surface area contributed by atoms with E-state index in [0.717, 1.165) is 29.9 Å². The van der Waals surface area contributed by atoms with E-state index >= 15 is 0 Å². The fraction of sp³-hybridized carbons (Fsp3) is 0.333. The molecular weight excluding hydrogens is 252 g/mol. The molecule has 0 atom stereocenters. The van der Waals surface area contributed by atoms with Gasteiger partial charge in [-0.1, -0.05) is 12.1 Å². The van der Waals surface area contributed by atoms with Crippen LogP contribution < -0.4 is 5.73 Å². The van der Waals surface area contributed by atoms with Crippen molar-refractivity contribution in [3.63, 3.8) is 0 Å². The van der Waals surface area contributed by atoms with Gasteiger partial charge in [-0.2, -0.15) is 5.10 Å². The molecule has 0 spiro atoms. The number of aryl methyl sites for hydroxylation is 1. The van der Waals surface area contributed by atoms with Crippen LogP contribution in [0.4, 0.5) is 5.69 Å². The lowest BCUT2D eigenvalue weighted by Gasteiger charge is -2.29. The van der Waals surface area contributed by atoms with Gasteiger partial charge in [0.15, 0.2) is 0 Å². The molecule has 2 aromatic rings. The molecule has 0 unspecified atom stereocenters. The lowest BCUT2D eigenvalue weighted by Crippen LogP contribution is -2.36. The summed E-state index contributed by atoms with van der Waals surface area (Å²) >= 11 is 0. The van der Waals surface area contributed by atoms with Gasteiger partial charge in [0.1, 0.15) is 0 Å². The molecule has 0 fully saturated rings. The third-order valence-corrected chi connectivity index (χ3v) is 4.06. The molecule has 5 heteroatoms. The summed E-state index contributed by atoms with van der Waals surface area (Å²) in [6.45, 7) is 3.21. The number of benzene rings is 1. The molecule has 3 rings (SSSR count). The summed E-state index contributed by atoms with van der Waals surface area (Å²) in [7, 11) is 1.84. The van der Waals surface area contributed by atoms with Crippen LogP contribution in [0.25, 0.3) is 0 Å². The maximum absolute atomic E-state index is 12.6. The van der Waals surface area contributed by atoms with Gasteiger partial charge in [-0.3, -0.25) is 9.48 Å². The van der Waals surface area contributed by atoms with Crippen LogP contribution in [0.1, 0.15) is 27.2 Å². The molecule has 0 radical (unpaired) electrons. The summed E-state index contributed by atoms with van der Waals surface area (Å²) in [6, 6.07) is 5.95. The minimum atomic E-state index is 0.0319. The van der Waals surface area contributed by atoms with E-state index < -0.39 is 0 Å². The average molecular weight is 270 g/mol. The van der Waals surface area contributed by atoms with Crippen LogP contribution in [0.15, 0.2) is 24.4 Å². The third kappa shape index (κ3) is 1.95. The van der Waals surface area contributed by atoms with Gasteiger partial charge in [0, 0.05) is 31.5 Å². The maximum atomic E-state index is 12.6. The van der Waals surface area contributed by atoms with Crippen LogP contribution in [-0.2, 0) is 20.0 Å². The van der Waals surface area contributed by atoms with E-state index in [-0.39, 0.29) is 5.91 Å². The number of hydrogen-bond acceptors (Lipinski definition) is 3. The second-order valence-electron chi connectivity index (χ2n) is 5.23. The first-order valence-electron chi connectivity index (χ1n) is 6.72. The Hall–Kier alpha value is -2.30. The van der Waals surface area contributed by atoms with E-state index in [1.807, 2.05) is 31.0 Å². The Bertz CT molecular complexity index is 675. The van der Waals surface area contributed by atoms with Crippen molar-refractivity contribution >= 4 is 11.6 Å². The average Bonchev–Trinajstić information content (AvgIpc) is 2.78.